The molecule has 2 rings (SSSR count). The van der Waals surface area contributed by atoms with Crippen molar-refractivity contribution >= 4 is 11.9 Å². The van der Waals surface area contributed by atoms with Crippen LogP contribution < -0.4 is 21.9 Å². The van der Waals surface area contributed by atoms with Gasteiger partial charge in [0.05, 0.1) is 6.04 Å². The van der Waals surface area contributed by atoms with E-state index in [2.05, 4.69) is 16.2 Å². The van der Waals surface area contributed by atoms with Crippen molar-refractivity contribution in [2.45, 2.75) is 44.3 Å². The van der Waals surface area contributed by atoms with Crippen LogP contribution in [-0.4, -0.2) is 42.5 Å². The van der Waals surface area contributed by atoms with Gasteiger partial charge in [-0.3, -0.25) is 25.9 Å². The first-order valence-corrected chi connectivity index (χ1v) is 8.44. The molecule has 1 aliphatic heterocycles. The predicted octanol–water partition coefficient (Wildman–Crippen LogP) is 1.03. The van der Waals surface area contributed by atoms with Crippen molar-refractivity contribution in [3.05, 3.63) is 35.6 Å². The average molecular weight is 351 g/mol. The zero-order valence-corrected chi connectivity index (χ0v) is 14.6. The molecular formula is C17H26FN5O2. The molecule has 1 heterocycles. The Morgan fingerprint density at radius 3 is 2.68 bits per heavy atom. The third-order valence-corrected chi connectivity index (χ3v) is 4.60. The molecule has 3 unspecified atom stereocenters. The second kappa shape index (κ2) is 8.89. The van der Waals surface area contributed by atoms with E-state index in [0.29, 0.717) is 6.04 Å². The first-order chi connectivity index (χ1) is 11.9. The van der Waals surface area contributed by atoms with Crippen LogP contribution in [0, 0.1) is 5.82 Å². The zero-order valence-electron chi connectivity index (χ0n) is 14.6. The van der Waals surface area contributed by atoms with Crippen LogP contribution in [0.25, 0.3) is 0 Å². The van der Waals surface area contributed by atoms with Crippen LogP contribution in [0.2, 0.25) is 0 Å². The fourth-order valence-corrected chi connectivity index (χ4v) is 2.93. The summed E-state index contributed by atoms with van der Waals surface area (Å²) in [5, 5.41) is 2.09. The molecule has 3 atom stereocenters. The highest BCUT2D eigenvalue weighted by molar-refractivity contribution is 5.96. The molecule has 0 radical (unpaired) electrons. The SMILES string of the molecule is CC(C(=O)NC(N)=O)N(C)CCCC1CC(c2ccc(F)cc2)NN1. The number of halogens is 1. The van der Waals surface area contributed by atoms with E-state index in [1.54, 1.807) is 19.1 Å². The highest BCUT2D eigenvalue weighted by Crippen LogP contribution is 2.24. The molecule has 25 heavy (non-hydrogen) atoms. The first-order valence-electron chi connectivity index (χ1n) is 8.44. The van der Waals surface area contributed by atoms with Crippen molar-refractivity contribution in [1.29, 1.82) is 0 Å². The number of rotatable bonds is 7. The maximum atomic E-state index is 13.0. The molecule has 0 spiro atoms. The lowest BCUT2D eigenvalue weighted by atomic mass is 9.99. The number of benzene rings is 1. The quantitative estimate of drug-likeness (QED) is 0.588. The smallest absolute Gasteiger partial charge is 0.318 e. The van der Waals surface area contributed by atoms with Crippen LogP contribution in [0.1, 0.15) is 37.8 Å². The third-order valence-electron chi connectivity index (χ3n) is 4.60. The summed E-state index contributed by atoms with van der Waals surface area (Å²) in [6.45, 7) is 2.46. The van der Waals surface area contributed by atoms with Crippen molar-refractivity contribution < 1.29 is 14.0 Å². The molecule has 8 heteroatoms. The Hall–Kier alpha value is -2.03. The molecule has 0 saturated carbocycles. The molecular weight excluding hydrogens is 325 g/mol. The summed E-state index contributed by atoms with van der Waals surface area (Å²) in [5.41, 5.74) is 12.5. The Labute approximate surface area is 147 Å². The van der Waals surface area contributed by atoms with Gasteiger partial charge in [0.2, 0.25) is 5.91 Å². The molecule has 1 fully saturated rings. The minimum Gasteiger partial charge on any atom is -0.351 e. The summed E-state index contributed by atoms with van der Waals surface area (Å²) in [5.74, 6) is -0.629. The van der Waals surface area contributed by atoms with Crippen LogP contribution in [0.15, 0.2) is 24.3 Å². The van der Waals surface area contributed by atoms with Gasteiger partial charge >= 0.3 is 6.03 Å². The van der Waals surface area contributed by atoms with Crippen molar-refractivity contribution in [2.75, 3.05) is 13.6 Å². The fourth-order valence-electron chi connectivity index (χ4n) is 2.93. The van der Waals surface area contributed by atoms with Gasteiger partial charge in [-0.2, -0.15) is 0 Å². The number of hydrogen-bond acceptors (Lipinski definition) is 5. The summed E-state index contributed by atoms with van der Waals surface area (Å²) in [6, 6.07) is 5.76. The summed E-state index contributed by atoms with van der Waals surface area (Å²) in [6.07, 6.45) is 2.77. The van der Waals surface area contributed by atoms with Crippen molar-refractivity contribution in [3.8, 4) is 0 Å². The molecule has 138 valence electrons. The number of nitrogens with one attached hydrogen (secondary N) is 3. The maximum absolute atomic E-state index is 13.0. The Balaban J connectivity index is 1.71. The lowest BCUT2D eigenvalue weighted by Crippen LogP contribution is -2.47. The number of amides is 3. The Kier molecular flexibility index (Phi) is 6.86. The first kappa shape index (κ1) is 19.3. The fraction of sp³-hybridized carbons (Fsp3) is 0.529. The number of carbonyl (C=O) groups excluding carboxylic acids is 2. The normalized spacial score (nSPS) is 21.3. The van der Waals surface area contributed by atoms with Crippen LogP contribution >= 0.6 is 0 Å². The van der Waals surface area contributed by atoms with Gasteiger partial charge in [0.15, 0.2) is 0 Å². The summed E-state index contributed by atoms with van der Waals surface area (Å²) < 4.78 is 13.0. The van der Waals surface area contributed by atoms with E-state index in [0.717, 1.165) is 31.4 Å². The van der Waals surface area contributed by atoms with E-state index in [4.69, 9.17) is 5.73 Å². The number of hydrazine groups is 1. The Morgan fingerprint density at radius 2 is 2.04 bits per heavy atom. The van der Waals surface area contributed by atoms with Gasteiger partial charge in [-0.25, -0.2) is 9.18 Å². The number of carbonyl (C=O) groups is 2. The van der Waals surface area contributed by atoms with Crippen LogP contribution in [0.4, 0.5) is 9.18 Å². The number of primary amides is 1. The summed E-state index contributed by atoms with van der Waals surface area (Å²) >= 11 is 0. The zero-order chi connectivity index (χ0) is 18.4. The van der Waals surface area contributed by atoms with Gasteiger partial charge in [0, 0.05) is 12.1 Å². The molecule has 0 bridgehead atoms. The highest BCUT2D eigenvalue weighted by Gasteiger charge is 2.25. The third kappa shape index (κ3) is 5.77. The number of likely N-dealkylation sites (N-methyl/N-ethyl adjacent to an activating group) is 1. The second-order valence-electron chi connectivity index (χ2n) is 6.48. The van der Waals surface area contributed by atoms with Crippen molar-refractivity contribution in [3.63, 3.8) is 0 Å². The van der Waals surface area contributed by atoms with Gasteiger partial charge in [0.25, 0.3) is 0 Å². The number of imide groups is 1. The number of nitrogens with two attached hydrogens (primary N) is 1. The maximum Gasteiger partial charge on any atom is 0.318 e. The average Bonchev–Trinajstić information content (AvgIpc) is 3.03. The topological polar surface area (TPSA) is 99.5 Å². The van der Waals surface area contributed by atoms with E-state index >= 15 is 0 Å². The molecule has 1 aromatic carbocycles. The largest absolute Gasteiger partial charge is 0.351 e. The summed E-state index contributed by atoms with van der Waals surface area (Å²) in [4.78, 5) is 24.3. The van der Waals surface area contributed by atoms with Gasteiger partial charge in [-0.1, -0.05) is 12.1 Å². The van der Waals surface area contributed by atoms with E-state index in [9.17, 15) is 14.0 Å². The number of nitrogens with zero attached hydrogens (tertiary/aromatic N) is 1. The molecule has 1 aliphatic rings. The van der Waals surface area contributed by atoms with E-state index in [1.807, 2.05) is 11.9 Å². The van der Waals surface area contributed by atoms with Gasteiger partial charge in [0.1, 0.15) is 5.82 Å². The van der Waals surface area contributed by atoms with Crippen LogP contribution in [0.3, 0.4) is 0 Å². The highest BCUT2D eigenvalue weighted by atomic mass is 19.1. The van der Waals surface area contributed by atoms with Gasteiger partial charge in [-0.15, -0.1) is 0 Å². The molecule has 0 aliphatic carbocycles. The molecule has 1 saturated heterocycles. The van der Waals surface area contributed by atoms with Gasteiger partial charge < -0.3 is 5.73 Å². The lowest BCUT2D eigenvalue weighted by Gasteiger charge is -2.23. The van der Waals surface area contributed by atoms with Crippen LogP contribution in [-0.2, 0) is 4.79 Å². The monoisotopic (exact) mass is 351 g/mol. The Morgan fingerprint density at radius 1 is 1.36 bits per heavy atom. The predicted molar refractivity (Wildman–Crippen MR) is 92.9 cm³/mol. The van der Waals surface area contributed by atoms with E-state index in [1.165, 1.54) is 12.1 Å². The minimum absolute atomic E-state index is 0.170. The lowest BCUT2D eigenvalue weighted by molar-refractivity contribution is -0.124. The molecule has 7 nitrogen and oxygen atoms in total. The molecule has 3 amide bonds. The van der Waals surface area contributed by atoms with Crippen LogP contribution in [0.5, 0.6) is 0 Å². The number of hydrogen-bond donors (Lipinski definition) is 4. The molecule has 0 aromatic heterocycles. The summed E-state index contributed by atoms with van der Waals surface area (Å²) in [7, 11) is 1.84. The standard InChI is InChI=1S/C17H26FN5O2/c1-11(16(24)20-17(19)25)23(2)9-3-4-14-10-15(22-21-14)12-5-7-13(18)8-6-12/h5-8,11,14-15,21-22H,3-4,9-10H2,1-2H3,(H3,19,20,24,25). The molecule has 1 aromatic rings. The van der Waals surface area contributed by atoms with E-state index in [-0.39, 0.29) is 11.9 Å². The second-order valence-corrected chi connectivity index (χ2v) is 6.48. The van der Waals surface area contributed by atoms with E-state index < -0.39 is 18.0 Å². The minimum atomic E-state index is -0.835. The Bertz CT molecular complexity index is 595. The number of urea groups is 1. The van der Waals surface area contributed by atoms with Crippen molar-refractivity contribution in [2.24, 2.45) is 5.73 Å². The van der Waals surface area contributed by atoms with Crippen molar-refractivity contribution in [1.82, 2.24) is 21.1 Å². The van der Waals surface area contributed by atoms with Gasteiger partial charge in [-0.05, 0) is 57.5 Å². The molecule has 5 N–H and O–H groups in total.